The molecule has 4 nitrogen and oxygen atoms in total. The Morgan fingerprint density at radius 3 is 2.67 bits per heavy atom. The van der Waals surface area contributed by atoms with Gasteiger partial charge in [0.2, 0.25) is 0 Å². The number of halogens is 3. The second kappa shape index (κ2) is 8.51. The minimum absolute atomic E-state index is 0.118. The van der Waals surface area contributed by atoms with E-state index >= 15 is 0 Å². The number of ether oxygens (including phenoxy) is 2. The van der Waals surface area contributed by atoms with Crippen LogP contribution in [0.3, 0.4) is 0 Å². The summed E-state index contributed by atoms with van der Waals surface area (Å²) in [6.07, 6.45) is 1.04. The Morgan fingerprint density at radius 1 is 1.38 bits per heavy atom. The van der Waals surface area contributed by atoms with Crippen molar-refractivity contribution in [1.29, 1.82) is 0 Å². The fraction of sp³-hybridized carbons (Fsp3) is 0.500. The van der Waals surface area contributed by atoms with E-state index in [2.05, 4.69) is 10.1 Å². The van der Waals surface area contributed by atoms with Crippen LogP contribution in [0.5, 0.6) is 5.75 Å². The number of benzene rings is 1. The molecule has 0 heterocycles. The van der Waals surface area contributed by atoms with Crippen LogP contribution in [0.4, 0.5) is 18.9 Å². The third-order valence-electron chi connectivity index (χ3n) is 2.66. The fourth-order valence-electron chi connectivity index (χ4n) is 1.49. The van der Waals surface area contributed by atoms with Gasteiger partial charge in [-0.05, 0) is 25.5 Å². The first-order valence-corrected chi connectivity index (χ1v) is 6.60. The normalized spacial score (nSPS) is 12.3. The summed E-state index contributed by atoms with van der Waals surface area (Å²) < 4.78 is 47.0. The second-order valence-corrected chi connectivity index (χ2v) is 4.38. The van der Waals surface area contributed by atoms with E-state index < -0.39 is 24.4 Å². The highest BCUT2D eigenvalue weighted by atomic mass is 19.3. The quantitative estimate of drug-likeness (QED) is 0.747. The van der Waals surface area contributed by atoms with Gasteiger partial charge in [0.05, 0.1) is 5.69 Å². The molecule has 0 aliphatic heterocycles. The average molecular weight is 305 g/mol. The van der Waals surface area contributed by atoms with Crippen LogP contribution in [0.1, 0.15) is 26.7 Å². The third-order valence-corrected chi connectivity index (χ3v) is 2.66. The van der Waals surface area contributed by atoms with E-state index in [0.29, 0.717) is 6.61 Å². The smallest absolute Gasteiger partial charge is 0.387 e. The summed E-state index contributed by atoms with van der Waals surface area (Å²) in [4.78, 5) is 11.8. The topological polar surface area (TPSA) is 47.6 Å². The number of amides is 1. The number of unbranched alkanes of at least 4 members (excludes halogenated alkanes) is 1. The standard InChI is InChI=1S/C14H18F3NO3/c1-3-4-7-20-9(2)13(19)18-12-6-5-10(8-11(12)15)21-14(16)17/h5-6,8-9,14H,3-4,7H2,1-2H3,(H,18,19)/t9-/m0/s1. The Kier molecular flexibility index (Phi) is 7.01. The summed E-state index contributed by atoms with van der Waals surface area (Å²) in [6.45, 7) is 0.954. The average Bonchev–Trinajstić information content (AvgIpc) is 2.41. The highest BCUT2D eigenvalue weighted by Crippen LogP contribution is 2.22. The highest BCUT2D eigenvalue weighted by molar-refractivity contribution is 5.94. The first kappa shape index (κ1) is 17.3. The monoisotopic (exact) mass is 305 g/mol. The molecule has 7 heteroatoms. The minimum atomic E-state index is -3.03. The Labute approximate surface area is 121 Å². The molecule has 21 heavy (non-hydrogen) atoms. The molecule has 0 saturated heterocycles. The zero-order valence-electron chi connectivity index (χ0n) is 11.9. The Hall–Kier alpha value is -1.76. The van der Waals surface area contributed by atoms with Crippen molar-refractivity contribution in [3.63, 3.8) is 0 Å². The SMILES string of the molecule is CCCCO[C@@H](C)C(=O)Nc1ccc(OC(F)F)cc1F. The van der Waals surface area contributed by atoms with Crippen molar-refractivity contribution in [3.05, 3.63) is 24.0 Å². The van der Waals surface area contributed by atoms with Gasteiger partial charge in [0.1, 0.15) is 17.7 Å². The summed E-state index contributed by atoms with van der Waals surface area (Å²) in [5.41, 5.74) is -0.118. The number of hydrogen-bond donors (Lipinski definition) is 1. The number of nitrogens with one attached hydrogen (secondary N) is 1. The Morgan fingerprint density at radius 2 is 2.10 bits per heavy atom. The number of anilines is 1. The first-order valence-electron chi connectivity index (χ1n) is 6.60. The Bertz CT molecular complexity index is 469. The molecule has 1 amide bonds. The van der Waals surface area contributed by atoms with E-state index in [1.54, 1.807) is 6.92 Å². The van der Waals surface area contributed by atoms with Gasteiger partial charge in [-0.15, -0.1) is 0 Å². The lowest BCUT2D eigenvalue weighted by atomic mass is 10.2. The van der Waals surface area contributed by atoms with E-state index in [9.17, 15) is 18.0 Å². The molecule has 0 radical (unpaired) electrons. The number of carbonyl (C=O) groups excluding carboxylic acids is 1. The predicted octanol–water partition coefficient (Wildman–Crippen LogP) is 3.57. The van der Waals surface area contributed by atoms with Crippen molar-refractivity contribution >= 4 is 11.6 Å². The van der Waals surface area contributed by atoms with Gasteiger partial charge in [-0.1, -0.05) is 13.3 Å². The Balaban J connectivity index is 2.59. The zero-order chi connectivity index (χ0) is 15.8. The fourth-order valence-corrected chi connectivity index (χ4v) is 1.49. The summed E-state index contributed by atoms with van der Waals surface area (Å²) in [5, 5.41) is 2.34. The van der Waals surface area contributed by atoms with Crippen LogP contribution in [0.25, 0.3) is 0 Å². The van der Waals surface area contributed by atoms with Gasteiger partial charge in [-0.25, -0.2) is 4.39 Å². The van der Waals surface area contributed by atoms with E-state index in [4.69, 9.17) is 4.74 Å². The lowest BCUT2D eigenvalue weighted by Crippen LogP contribution is -2.28. The molecule has 1 N–H and O–H groups in total. The predicted molar refractivity (Wildman–Crippen MR) is 72.0 cm³/mol. The van der Waals surface area contributed by atoms with Crippen LogP contribution < -0.4 is 10.1 Å². The molecule has 1 aromatic carbocycles. The van der Waals surface area contributed by atoms with Crippen molar-refractivity contribution in [2.45, 2.75) is 39.4 Å². The van der Waals surface area contributed by atoms with Crippen molar-refractivity contribution in [3.8, 4) is 5.75 Å². The van der Waals surface area contributed by atoms with E-state index in [1.165, 1.54) is 0 Å². The number of carbonyl (C=O) groups is 1. The van der Waals surface area contributed by atoms with Crippen LogP contribution >= 0.6 is 0 Å². The van der Waals surface area contributed by atoms with Gasteiger partial charge in [0, 0.05) is 12.7 Å². The molecule has 0 aromatic heterocycles. The molecule has 1 aromatic rings. The zero-order valence-corrected chi connectivity index (χ0v) is 11.9. The summed E-state index contributed by atoms with van der Waals surface area (Å²) >= 11 is 0. The molecule has 0 saturated carbocycles. The number of rotatable bonds is 8. The van der Waals surface area contributed by atoms with Gasteiger partial charge in [-0.3, -0.25) is 4.79 Å². The van der Waals surface area contributed by atoms with Gasteiger partial charge in [0.15, 0.2) is 0 Å². The van der Waals surface area contributed by atoms with Gasteiger partial charge < -0.3 is 14.8 Å². The molecule has 0 aliphatic carbocycles. The molecular formula is C14H18F3NO3. The van der Waals surface area contributed by atoms with Gasteiger partial charge in [-0.2, -0.15) is 8.78 Å². The van der Waals surface area contributed by atoms with Crippen LogP contribution in [-0.4, -0.2) is 25.2 Å². The van der Waals surface area contributed by atoms with Crippen molar-refractivity contribution < 1.29 is 27.4 Å². The second-order valence-electron chi connectivity index (χ2n) is 4.38. The lowest BCUT2D eigenvalue weighted by molar-refractivity contribution is -0.126. The molecule has 0 aliphatic rings. The molecule has 1 rings (SSSR count). The maximum Gasteiger partial charge on any atom is 0.387 e. The third kappa shape index (κ3) is 6.03. The lowest BCUT2D eigenvalue weighted by Gasteiger charge is -2.14. The minimum Gasteiger partial charge on any atom is -0.435 e. The summed E-state index contributed by atoms with van der Waals surface area (Å²) in [7, 11) is 0. The van der Waals surface area contributed by atoms with Gasteiger partial charge in [0.25, 0.3) is 5.91 Å². The molecule has 0 spiro atoms. The maximum atomic E-state index is 13.7. The van der Waals surface area contributed by atoms with Crippen molar-refractivity contribution in [1.82, 2.24) is 0 Å². The molecule has 118 valence electrons. The van der Waals surface area contributed by atoms with Crippen LogP contribution in [0, 0.1) is 5.82 Å². The highest BCUT2D eigenvalue weighted by Gasteiger charge is 2.16. The largest absolute Gasteiger partial charge is 0.435 e. The van der Waals surface area contributed by atoms with E-state index in [1.807, 2.05) is 6.92 Å². The molecular weight excluding hydrogens is 287 g/mol. The summed E-state index contributed by atoms with van der Waals surface area (Å²) in [5.74, 6) is -1.68. The van der Waals surface area contributed by atoms with E-state index in [0.717, 1.165) is 31.0 Å². The van der Waals surface area contributed by atoms with Gasteiger partial charge >= 0.3 is 6.61 Å². The van der Waals surface area contributed by atoms with Crippen molar-refractivity contribution in [2.75, 3.05) is 11.9 Å². The molecule has 0 bridgehead atoms. The number of alkyl halides is 2. The van der Waals surface area contributed by atoms with Crippen LogP contribution in [-0.2, 0) is 9.53 Å². The van der Waals surface area contributed by atoms with Crippen LogP contribution in [0.2, 0.25) is 0 Å². The van der Waals surface area contributed by atoms with Crippen LogP contribution in [0.15, 0.2) is 18.2 Å². The first-order chi connectivity index (χ1) is 9.93. The molecule has 0 unspecified atom stereocenters. The maximum absolute atomic E-state index is 13.7. The molecule has 1 atom stereocenters. The number of hydrogen-bond acceptors (Lipinski definition) is 3. The summed E-state index contributed by atoms with van der Waals surface area (Å²) in [6, 6.07) is 3.08. The molecule has 0 fully saturated rings. The van der Waals surface area contributed by atoms with E-state index in [-0.39, 0.29) is 11.4 Å². The van der Waals surface area contributed by atoms with Crippen molar-refractivity contribution in [2.24, 2.45) is 0 Å².